The molecule has 1 amide bonds. The summed E-state index contributed by atoms with van der Waals surface area (Å²) in [6.45, 7) is 2.52. The van der Waals surface area contributed by atoms with Gasteiger partial charge >= 0.3 is 0 Å². The van der Waals surface area contributed by atoms with Crippen molar-refractivity contribution in [3.8, 4) is 0 Å². The lowest BCUT2D eigenvalue weighted by atomic mass is 10.3. The number of carbonyl (C=O) groups excluding carboxylic acids is 1. The molecule has 0 unspecified atom stereocenters. The lowest BCUT2D eigenvalue weighted by Crippen LogP contribution is -2.12. The summed E-state index contributed by atoms with van der Waals surface area (Å²) in [4.78, 5) is 16.1. The van der Waals surface area contributed by atoms with Crippen molar-refractivity contribution in [1.29, 1.82) is 0 Å². The molecule has 1 aromatic carbocycles. The molecule has 1 aromatic heterocycles. The highest BCUT2D eigenvalue weighted by Gasteiger charge is 2.16. The fraction of sp³-hybridized carbons (Fsp3) is 0.167. The van der Waals surface area contributed by atoms with Crippen LogP contribution in [-0.4, -0.2) is 17.4 Å². The fourth-order valence-electron chi connectivity index (χ4n) is 1.54. The Kier molecular flexibility index (Phi) is 4.14. The van der Waals surface area contributed by atoms with Crippen LogP contribution >= 0.6 is 11.3 Å². The normalized spacial score (nSPS) is 10.3. The zero-order valence-corrected chi connectivity index (χ0v) is 11.4. The van der Waals surface area contributed by atoms with E-state index in [0.29, 0.717) is 11.7 Å². The van der Waals surface area contributed by atoms with Crippen LogP contribution in [0.15, 0.2) is 18.2 Å². The lowest BCUT2D eigenvalue weighted by molar-refractivity contribution is 0.103. The van der Waals surface area contributed by atoms with Crippen LogP contribution in [0.2, 0.25) is 0 Å². The van der Waals surface area contributed by atoms with E-state index in [-0.39, 0.29) is 16.4 Å². The highest BCUT2D eigenvalue weighted by molar-refractivity contribution is 7.18. The van der Waals surface area contributed by atoms with E-state index in [0.717, 1.165) is 29.5 Å². The standard InChI is InChI=1S/C12H12F2N4OS/c1-2-16-12-18-10(15)9(20-12)11(19)17-8-4-6(13)3-7(14)5-8/h3-5H,2,15H2,1H3,(H,16,18)(H,17,19). The Morgan fingerprint density at radius 1 is 1.35 bits per heavy atom. The number of nitrogen functional groups attached to an aromatic ring is 1. The molecule has 5 nitrogen and oxygen atoms in total. The van der Waals surface area contributed by atoms with Crippen LogP contribution in [0, 0.1) is 11.6 Å². The molecule has 2 aromatic rings. The van der Waals surface area contributed by atoms with Gasteiger partial charge in [-0.3, -0.25) is 4.79 Å². The van der Waals surface area contributed by atoms with Gasteiger partial charge in [0.15, 0.2) is 5.13 Å². The van der Waals surface area contributed by atoms with Crippen molar-refractivity contribution in [2.45, 2.75) is 6.92 Å². The summed E-state index contributed by atoms with van der Waals surface area (Å²) in [7, 11) is 0. The Morgan fingerprint density at radius 2 is 2.00 bits per heavy atom. The van der Waals surface area contributed by atoms with Gasteiger partial charge in [-0.25, -0.2) is 13.8 Å². The van der Waals surface area contributed by atoms with Crippen LogP contribution in [0.4, 0.5) is 25.4 Å². The predicted molar refractivity (Wildman–Crippen MR) is 75.0 cm³/mol. The number of hydrogen-bond donors (Lipinski definition) is 3. The van der Waals surface area contributed by atoms with Gasteiger partial charge in [-0.1, -0.05) is 11.3 Å². The summed E-state index contributed by atoms with van der Waals surface area (Å²) >= 11 is 1.07. The average Bonchev–Trinajstić information content (AvgIpc) is 2.69. The summed E-state index contributed by atoms with van der Waals surface area (Å²) in [5.74, 6) is -2.04. The van der Waals surface area contributed by atoms with Gasteiger partial charge in [0.1, 0.15) is 22.3 Å². The monoisotopic (exact) mass is 298 g/mol. The first-order valence-corrected chi connectivity index (χ1v) is 6.59. The third kappa shape index (κ3) is 3.21. The second-order valence-electron chi connectivity index (χ2n) is 3.88. The third-order valence-corrected chi connectivity index (χ3v) is 3.34. The lowest BCUT2D eigenvalue weighted by Gasteiger charge is -2.04. The minimum atomic E-state index is -0.772. The first-order valence-electron chi connectivity index (χ1n) is 5.77. The number of aromatic nitrogens is 1. The number of rotatable bonds is 4. The van der Waals surface area contributed by atoms with E-state index in [1.54, 1.807) is 0 Å². The minimum Gasteiger partial charge on any atom is -0.382 e. The van der Waals surface area contributed by atoms with Gasteiger partial charge in [0.2, 0.25) is 0 Å². The van der Waals surface area contributed by atoms with Crippen molar-refractivity contribution >= 4 is 33.9 Å². The van der Waals surface area contributed by atoms with Gasteiger partial charge in [-0.05, 0) is 19.1 Å². The van der Waals surface area contributed by atoms with Crippen molar-refractivity contribution < 1.29 is 13.6 Å². The van der Waals surface area contributed by atoms with E-state index in [1.165, 1.54) is 0 Å². The Labute approximate surface area is 117 Å². The molecule has 106 valence electrons. The summed E-state index contributed by atoms with van der Waals surface area (Å²) in [6, 6.07) is 2.76. The third-order valence-electron chi connectivity index (χ3n) is 2.31. The van der Waals surface area contributed by atoms with E-state index in [9.17, 15) is 13.6 Å². The van der Waals surface area contributed by atoms with Crippen molar-refractivity contribution in [3.05, 3.63) is 34.7 Å². The molecule has 0 fully saturated rings. The molecule has 0 atom stereocenters. The second kappa shape index (κ2) is 5.83. The van der Waals surface area contributed by atoms with Crippen molar-refractivity contribution in [3.63, 3.8) is 0 Å². The van der Waals surface area contributed by atoms with Crippen molar-refractivity contribution in [1.82, 2.24) is 4.98 Å². The van der Waals surface area contributed by atoms with Gasteiger partial charge < -0.3 is 16.4 Å². The number of thiazole rings is 1. The Hall–Kier alpha value is -2.22. The first-order chi connectivity index (χ1) is 9.49. The average molecular weight is 298 g/mol. The van der Waals surface area contributed by atoms with Crippen LogP contribution < -0.4 is 16.4 Å². The predicted octanol–water partition coefficient (Wildman–Crippen LogP) is 2.69. The van der Waals surface area contributed by atoms with Gasteiger partial charge in [0.25, 0.3) is 5.91 Å². The molecule has 0 saturated heterocycles. The van der Waals surface area contributed by atoms with Crippen molar-refractivity contribution in [2.24, 2.45) is 0 Å². The zero-order valence-electron chi connectivity index (χ0n) is 10.5. The SMILES string of the molecule is CCNc1nc(N)c(C(=O)Nc2cc(F)cc(F)c2)s1. The molecular weight excluding hydrogens is 286 g/mol. The number of halogens is 2. The fourth-order valence-corrected chi connectivity index (χ4v) is 2.38. The largest absolute Gasteiger partial charge is 0.382 e. The minimum absolute atomic E-state index is 0.0188. The van der Waals surface area contributed by atoms with Crippen LogP contribution in [0.3, 0.4) is 0 Å². The van der Waals surface area contributed by atoms with E-state index >= 15 is 0 Å². The number of hydrogen-bond acceptors (Lipinski definition) is 5. The summed E-state index contributed by atoms with van der Waals surface area (Å²) < 4.78 is 26.1. The van der Waals surface area contributed by atoms with Gasteiger partial charge in [-0.2, -0.15) is 0 Å². The van der Waals surface area contributed by atoms with E-state index in [2.05, 4.69) is 15.6 Å². The molecule has 20 heavy (non-hydrogen) atoms. The second-order valence-corrected chi connectivity index (χ2v) is 4.88. The number of amides is 1. The molecule has 0 aliphatic rings. The maximum Gasteiger partial charge on any atom is 0.269 e. The van der Waals surface area contributed by atoms with E-state index in [4.69, 9.17) is 5.73 Å². The highest BCUT2D eigenvalue weighted by atomic mass is 32.1. The Bertz CT molecular complexity index is 624. The molecule has 0 spiro atoms. The Morgan fingerprint density at radius 3 is 2.60 bits per heavy atom. The molecule has 0 saturated carbocycles. The number of nitrogens with two attached hydrogens (primary N) is 1. The summed E-state index contributed by atoms with van der Waals surface area (Å²) in [5, 5.41) is 5.83. The van der Waals surface area contributed by atoms with Gasteiger partial charge in [-0.15, -0.1) is 0 Å². The Balaban J connectivity index is 2.19. The smallest absolute Gasteiger partial charge is 0.269 e. The molecule has 1 heterocycles. The van der Waals surface area contributed by atoms with Crippen LogP contribution in [0.5, 0.6) is 0 Å². The topological polar surface area (TPSA) is 80.0 Å². The molecule has 4 N–H and O–H groups in total. The van der Waals surface area contributed by atoms with Crippen LogP contribution in [0.1, 0.15) is 16.6 Å². The van der Waals surface area contributed by atoms with Crippen molar-refractivity contribution in [2.75, 3.05) is 22.9 Å². The molecule has 8 heteroatoms. The van der Waals surface area contributed by atoms with Gasteiger partial charge in [0, 0.05) is 18.3 Å². The summed E-state index contributed by atoms with van der Waals surface area (Å²) in [6.07, 6.45) is 0. The van der Waals surface area contributed by atoms with Crippen LogP contribution in [-0.2, 0) is 0 Å². The maximum absolute atomic E-state index is 13.0. The van der Waals surface area contributed by atoms with Gasteiger partial charge in [0.05, 0.1) is 0 Å². The first kappa shape index (κ1) is 14.2. The maximum atomic E-state index is 13.0. The van der Waals surface area contributed by atoms with E-state index in [1.807, 2.05) is 6.92 Å². The molecular formula is C12H12F2N4OS. The molecule has 2 rings (SSSR count). The summed E-state index contributed by atoms with van der Waals surface area (Å²) in [5.41, 5.74) is 5.66. The molecule has 0 aliphatic heterocycles. The number of carbonyl (C=O) groups is 1. The van der Waals surface area contributed by atoms with Crippen LogP contribution in [0.25, 0.3) is 0 Å². The number of nitrogens with one attached hydrogen (secondary N) is 2. The highest BCUT2D eigenvalue weighted by Crippen LogP contribution is 2.26. The quantitative estimate of drug-likeness (QED) is 0.810. The molecule has 0 aliphatic carbocycles. The molecule has 0 radical (unpaired) electrons. The number of nitrogens with zero attached hydrogens (tertiary/aromatic N) is 1. The number of anilines is 3. The zero-order chi connectivity index (χ0) is 14.7. The number of benzene rings is 1. The van der Waals surface area contributed by atoms with E-state index < -0.39 is 17.5 Å². The molecule has 0 bridgehead atoms.